The number of hydrogen-bond acceptors (Lipinski definition) is 3. The van der Waals surface area contributed by atoms with E-state index >= 15 is 0 Å². The van der Waals surface area contributed by atoms with Gasteiger partial charge in [0.2, 0.25) is 0 Å². The molecule has 1 aromatic heterocycles. The molecule has 2 aromatic rings. The Kier molecular flexibility index (Phi) is 7.24. The van der Waals surface area contributed by atoms with E-state index in [0.717, 1.165) is 42.6 Å². The Morgan fingerprint density at radius 3 is 2.64 bits per heavy atom. The molecule has 22 heavy (non-hydrogen) atoms. The monoisotopic (exact) mass is 299 g/mol. The van der Waals surface area contributed by atoms with E-state index in [4.69, 9.17) is 9.15 Å². The van der Waals surface area contributed by atoms with Gasteiger partial charge in [0.1, 0.15) is 0 Å². The van der Waals surface area contributed by atoms with Gasteiger partial charge in [-0.3, -0.25) is 0 Å². The number of piperidine rings is 1. The molecule has 1 fully saturated rings. The van der Waals surface area contributed by atoms with Gasteiger partial charge < -0.3 is 0 Å². The van der Waals surface area contributed by atoms with Gasteiger partial charge in [-0.1, -0.05) is 13.8 Å². The van der Waals surface area contributed by atoms with Gasteiger partial charge in [0.05, 0.1) is 0 Å². The van der Waals surface area contributed by atoms with Crippen LogP contribution < -0.4 is 10.1 Å². The molecule has 1 aliphatic rings. The Bertz CT molecular complexity index is 521. The van der Waals surface area contributed by atoms with Crippen molar-refractivity contribution in [1.29, 1.82) is 0 Å². The van der Waals surface area contributed by atoms with Crippen molar-refractivity contribution in [2.75, 3.05) is 13.1 Å². The number of nitrogens with one attached hydrogen (secondary N) is 1. The first-order chi connectivity index (χ1) is 10.9. The molecule has 0 unspecified atom stereocenters. The average Bonchev–Trinajstić information content (AvgIpc) is 3.04. The zero-order valence-electron chi connectivity index (χ0n) is 13.7. The summed E-state index contributed by atoms with van der Waals surface area (Å²) in [6.45, 7) is 8.79. The molecule has 0 radical (unpaired) electrons. The van der Waals surface area contributed by atoms with Gasteiger partial charge in [0, 0.05) is 0 Å². The first-order valence-electron chi connectivity index (χ1n) is 8.36. The summed E-state index contributed by atoms with van der Waals surface area (Å²) in [6.07, 6.45) is 3.54. The van der Waals surface area contributed by atoms with Crippen LogP contribution in [0.5, 0.6) is 5.75 Å². The predicted molar refractivity (Wildman–Crippen MR) is 91.5 cm³/mol. The third kappa shape index (κ3) is 5.34. The Labute approximate surface area is 134 Å². The maximum absolute atomic E-state index is 5.86. The molecule has 0 saturated carbocycles. The molecule has 3 rings (SSSR count). The van der Waals surface area contributed by atoms with Crippen molar-refractivity contribution in [3.8, 4) is 5.75 Å². The SMILES string of the molecule is CC.b1cc(CC2CCNCC2)oc1COc1ccccc1. The first kappa shape index (κ1) is 16.8. The Balaban J connectivity index is 0.000000847. The van der Waals surface area contributed by atoms with Crippen molar-refractivity contribution in [1.82, 2.24) is 5.32 Å². The van der Waals surface area contributed by atoms with E-state index in [0.29, 0.717) is 6.61 Å². The minimum atomic E-state index is 0.496. The summed E-state index contributed by atoms with van der Waals surface area (Å²) in [5.74, 6) is 4.81. The zero-order valence-corrected chi connectivity index (χ0v) is 13.7. The summed E-state index contributed by atoms with van der Waals surface area (Å²) in [5.41, 5.74) is 0.901. The molecule has 0 atom stereocenters. The van der Waals surface area contributed by atoms with Crippen molar-refractivity contribution in [2.24, 2.45) is 5.92 Å². The van der Waals surface area contributed by atoms with Crippen LogP contribution in [0.2, 0.25) is 0 Å². The van der Waals surface area contributed by atoms with Gasteiger partial charge in [-0.2, -0.15) is 0 Å². The Hall–Kier alpha value is -1.55. The van der Waals surface area contributed by atoms with Gasteiger partial charge in [-0.05, 0) is 0 Å². The molecular formula is C18H26BNO2. The van der Waals surface area contributed by atoms with Crippen molar-refractivity contribution >= 4 is 6.91 Å². The quantitative estimate of drug-likeness (QED) is 0.912. The predicted octanol–water partition coefficient (Wildman–Crippen LogP) is 3.77. The van der Waals surface area contributed by atoms with Crippen LogP contribution in [0.25, 0.3) is 0 Å². The van der Waals surface area contributed by atoms with Crippen molar-refractivity contribution < 1.29 is 9.15 Å². The summed E-state index contributed by atoms with van der Waals surface area (Å²) in [4.78, 5) is 0. The molecule has 0 spiro atoms. The second-order valence-corrected chi connectivity index (χ2v) is 5.37. The molecule has 118 valence electrons. The number of hydrogen-bond donors (Lipinski definition) is 1. The molecule has 1 saturated heterocycles. The van der Waals surface area contributed by atoms with Crippen LogP contribution in [0.15, 0.2) is 40.7 Å². The van der Waals surface area contributed by atoms with Gasteiger partial charge in [0.25, 0.3) is 0 Å². The summed E-state index contributed by atoms with van der Waals surface area (Å²) < 4.78 is 11.6. The molecule has 3 nitrogen and oxygen atoms in total. The standard InChI is InChI=1S/C16H20BNO2.C2H6/c1-2-4-14(5-3-1)19-12-16-17-11-15(20-16)10-13-6-8-18-9-7-13;1-2/h1-5,11,13,18H,6-10,12H2;1-2H3. The van der Waals surface area contributed by atoms with E-state index in [1.54, 1.807) is 0 Å². The number of rotatable bonds is 5. The van der Waals surface area contributed by atoms with Crippen molar-refractivity contribution in [2.45, 2.75) is 39.7 Å². The minimum absolute atomic E-state index is 0.496. The van der Waals surface area contributed by atoms with Crippen molar-refractivity contribution in [3.63, 3.8) is 0 Å². The van der Waals surface area contributed by atoms with E-state index in [2.05, 4.69) is 11.3 Å². The topological polar surface area (TPSA) is 34.4 Å². The fraction of sp³-hybridized carbons (Fsp3) is 0.500. The van der Waals surface area contributed by atoms with Gasteiger partial charge in [-0.15, -0.1) is 0 Å². The Morgan fingerprint density at radius 2 is 1.91 bits per heavy atom. The number of ether oxygens (including phenoxy) is 1. The summed E-state index contributed by atoms with van der Waals surface area (Å²) in [6, 6.07) is 9.84. The molecule has 2 heterocycles. The van der Waals surface area contributed by atoms with Crippen LogP contribution in [-0.4, -0.2) is 20.0 Å². The molecule has 1 N–H and O–H groups in total. The fourth-order valence-corrected chi connectivity index (χ4v) is 2.65. The van der Waals surface area contributed by atoms with E-state index in [9.17, 15) is 0 Å². The van der Waals surface area contributed by atoms with Crippen LogP contribution in [0.1, 0.15) is 38.1 Å². The van der Waals surface area contributed by atoms with Crippen molar-refractivity contribution in [3.05, 3.63) is 47.7 Å². The van der Waals surface area contributed by atoms with E-state index in [-0.39, 0.29) is 0 Å². The molecule has 1 aromatic carbocycles. The zero-order chi connectivity index (χ0) is 15.6. The maximum atomic E-state index is 5.86. The molecule has 1 aliphatic heterocycles. The van der Waals surface area contributed by atoms with E-state index in [1.165, 1.54) is 12.8 Å². The van der Waals surface area contributed by atoms with Crippen LogP contribution in [-0.2, 0) is 13.0 Å². The molecule has 0 amide bonds. The molecular weight excluding hydrogens is 273 g/mol. The third-order valence-electron chi connectivity index (χ3n) is 3.79. The summed E-state index contributed by atoms with van der Waals surface area (Å²) in [7, 11) is 0. The van der Waals surface area contributed by atoms with Gasteiger partial charge in [-0.25, -0.2) is 0 Å². The second kappa shape index (κ2) is 9.47. The first-order valence-corrected chi connectivity index (χ1v) is 8.36. The second-order valence-electron chi connectivity index (χ2n) is 5.37. The van der Waals surface area contributed by atoms with Crippen LogP contribution in [0, 0.1) is 5.92 Å². The Morgan fingerprint density at radius 1 is 1.18 bits per heavy atom. The average molecular weight is 299 g/mol. The van der Waals surface area contributed by atoms with E-state index in [1.807, 2.05) is 51.1 Å². The number of benzene rings is 1. The van der Waals surface area contributed by atoms with Gasteiger partial charge >= 0.3 is 120 Å². The van der Waals surface area contributed by atoms with Crippen LogP contribution >= 0.6 is 0 Å². The van der Waals surface area contributed by atoms with Gasteiger partial charge in [0.15, 0.2) is 0 Å². The summed E-state index contributed by atoms with van der Waals surface area (Å²) >= 11 is 0. The van der Waals surface area contributed by atoms with Crippen LogP contribution in [0.4, 0.5) is 0 Å². The van der Waals surface area contributed by atoms with E-state index < -0.39 is 0 Å². The number of para-hydroxylation sites is 1. The molecule has 0 aliphatic carbocycles. The van der Waals surface area contributed by atoms with Crippen LogP contribution in [0.3, 0.4) is 0 Å². The fourth-order valence-electron chi connectivity index (χ4n) is 2.65. The summed E-state index contributed by atoms with van der Waals surface area (Å²) in [5, 5.41) is 3.39. The molecule has 4 heteroatoms. The normalized spacial score (nSPS) is 14.8. The molecule has 0 bridgehead atoms. The third-order valence-corrected chi connectivity index (χ3v) is 3.79.